The predicted octanol–water partition coefficient (Wildman–Crippen LogP) is 2.28. The lowest BCUT2D eigenvalue weighted by atomic mass is 9.90. The molecule has 0 saturated carbocycles. The highest BCUT2D eigenvalue weighted by atomic mass is 32.2. The van der Waals surface area contributed by atoms with Crippen molar-refractivity contribution >= 4 is 21.6 Å². The molecule has 0 unspecified atom stereocenters. The highest BCUT2D eigenvalue weighted by molar-refractivity contribution is 7.99. The molecule has 0 spiro atoms. The van der Waals surface area contributed by atoms with Crippen LogP contribution >= 0.6 is 11.8 Å². The van der Waals surface area contributed by atoms with Crippen molar-refractivity contribution in [2.24, 2.45) is 0 Å². The number of sulfone groups is 1. The summed E-state index contributed by atoms with van der Waals surface area (Å²) in [6.45, 7) is 2.03. The molecular formula is C13H19NO2S2. The van der Waals surface area contributed by atoms with E-state index in [9.17, 15) is 8.42 Å². The number of thioether (sulfide) groups is 1. The van der Waals surface area contributed by atoms with Gasteiger partial charge in [-0.05, 0) is 49.7 Å². The molecule has 1 saturated heterocycles. The Balaban J connectivity index is 2.47. The van der Waals surface area contributed by atoms with E-state index >= 15 is 0 Å². The van der Waals surface area contributed by atoms with E-state index in [4.69, 9.17) is 0 Å². The number of nitrogens with one attached hydrogen (secondary N) is 1. The van der Waals surface area contributed by atoms with Gasteiger partial charge in [0.1, 0.15) is 0 Å². The molecule has 0 radical (unpaired) electrons. The summed E-state index contributed by atoms with van der Waals surface area (Å²) in [7, 11) is -3.14. The van der Waals surface area contributed by atoms with Gasteiger partial charge in [-0.1, -0.05) is 12.1 Å². The van der Waals surface area contributed by atoms with E-state index in [1.165, 1.54) is 11.8 Å². The smallest absolute Gasteiger partial charge is 0.176 e. The molecule has 1 aromatic rings. The molecule has 1 N–H and O–H groups in total. The van der Waals surface area contributed by atoms with E-state index in [0.29, 0.717) is 10.8 Å². The molecule has 2 rings (SSSR count). The number of benzene rings is 1. The monoisotopic (exact) mass is 285 g/mol. The number of rotatable bonds is 3. The molecule has 100 valence electrons. The molecule has 5 heteroatoms. The summed E-state index contributed by atoms with van der Waals surface area (Å²) < 4.78 is 23.6. The first kappa shape index (κ1) is 13.9. The van der Waals surface area contributed by atoms with Gasteiger partial charge in [-0.3, -0.25) is 0 Å². The maximum Gasteiger partial charge on any atom is 0.176 e. The minimum atomic E-state index is -3.14. The second-order valence-electron chi connectivity index (χ2n) is 4.68. The Morgan fingerprint density at radius 3 is 2.50 bits per heavy atom. The van der Waals surface area contributed by atoms with Gasteiger partial charge in [-0.2, -0.15) is 0 Å². The van der Waals surface area contributed by atoms with Gasteiger partial charge in [0, 0.05) is 11.2 Å². The van der Waals surface area contributed by atoms with Crippen LogP contribution in [0.2, 0.25) is 0 Å². The maximum atomic E-state index is 11.8. The highest BCUT2D eigenvalue weighted by Crippen LogP contribution is 2.36. The molecule has 0 atom stereocenters. The second kappa shape index (κ2) is 5.63. The second-order valence-corrected chi connectivity index (χ2v) is 7.48. The molecule has 0 aliphatic carbocycles. The first-order valence-corrected chi connectivity index (χ1v) is 9.23. The van der Waals surface area contributed by atoms with E-state index in [1.807, 2.05) is 12.3 Å². The van der Waals surface area contributed by atoms with E-state index in [0.717, 1.165) is 30.8 Å². The van der Waals surface area contributed by atoms with Crippen LogP contribution in [0.4, 0.5) is 0 Å². The zero-order valence-electron chi connectivity index (χ0n) is 10.8. The lowest BCUT2D eigenvalue weighted by Crippen LogP contribution is -2.27. The minimum absolute atomic E-state index is 0.478. The zero-order valence-corrected chi connectivity index (χ0v) is 12.4. The largest absolute Gasteiger partial charge is 0.317 e. The molecule has 0 aromatic heterocycles. The van der Waals surface area contributed by atoms with Gasteiger partial charge in [0.15, 0.2) is 9.84 Å². The molecule has 1 aliphatic heterocycles. The third kappa shape index (κ3) is 2.90. The van der Waals surface area contributed by atoms with Crippen molar-refractivity contribution in [1.82, 2.24) is 5.32 Å². The Morgan fingerprint density at radius 1 is 1.28 bits per heavy atom. The van der Waals surface area contributed by atoms with Crippen molar-refractivity contribution in [2.45, 2.75) is 28.6 Å². The van der Waals surface area contributed by atoms with Gasteiger partial charge < -0.3 is 5.32 Å². The third-order valence-electron chi connectivity index (χ3n) is 3.39. The normalized spacial score (nSPS) is 17.9. The predicted molar refractivity (Wildman–Crippen MR) is 76.2 cm³/mol. The van der Waals surface area contributed by atoms with Crippen LogP contribution in [0, 0.1) is 0 Å². The number of piperidine rings is 1. The number of hydrogen-bond donors (Lipinski definition) is 1. The van der Waals surface area contributed by atoms with Crippen LogP contribution in [0.3, 0.4) is 0 Å². The van der Waals surface area contributed by atoms with Crippen molar-refractivity contribution in [1.29, 1.82) is 0 Å². The van der Waals surface area contributed by atoms with Crippen molar-refractivity contribution < 1.29 is 8.42 Å². The average Bonchev–Trinajstić information content (AvgIpc) is 2.37. The van der Waals surface area contributed by atoms with Gasteiger partial charge in [-0.25, -0.2) is 8.42 Å². The van der Waals surface area contributed by atoms with Crippen LogP contribution in [0.15, 0.2) is 28.0 Å². The summed E-state index contributed by atoms with van der Waals surface area (Å²) in [5.41, 5.74) is 1.20. The van der Waals surface area contributed by atoms with Crippen molar-refractivity contribution in [3.8, 4) is 0 Å². The van der Waals surface area contributed by atoms with E-state index in [-0.39, 0.29) is 0 Å². The lowest BCUT2D eigenvalue weighted by Gasteiger charge is -2.25. The fourth-order valence-electron chi connectivity index (χ4n) is 2.50. The van der Waals surface area contributed by atoms with Gasteiger partial charge >= 0.3 is 0 Å². The molecular weight excluding hydrogens is 266 g/mol. The topological polar surface area (TPSA) is 46.2 Å². The van der Waals surface area contributed by atoms with Gasteiger partial charge in [-0.15, -0.1) is 11.8 Å². The third-order valence-corrected chi connectivity index (χ3v) is 5.52. The summed E-state index contributed by atoms with van der Waals surface area (Å²) in [5.74, 6) is 0.482. The fourth-order valence-corrected chi connectivity index (χ4v) is 4.72. The average molecular weight is 285 g/mol. The lowest BCUT2D eigenvalue weighted by molar-refractivity contribution is 0.455. The van der Waals surface area contributed by atoms with Gasteiger partial charge in [0.25, 0.3) is 0 Å². The Hall–Kier alpha value is -0.520. The zero-order chi connectivity index (χ0) is 13.2. The minimum Gasteiger partial charge on any atom is -0.317 e. The quantitative estimate of drug-likeness (QED) is 0.866. The molecule has 1 aliphatic rings. The van der Waals surface area contributed by atoms with Crippen LogP contribution in [0.25, 0.3) is 0 Å². The van der Waals surface area contributed by atoms with Gasteiger partial charge in [0.2, 0.25) is 0 Å². The maximum absolute atomic E-state index is 11.8. The molecule has 1 heterocycles. The summed E-state index contributed by atoms with van der Waals surface area (Å²) >= 11 is 1.54. The van der Waals surface area contributed by atoms with E-state index in [1.54, 1.807) is 17.8 Å². The van der Waals surface area contributed by atoms with Crippen LogP contribution < -0.4 is 5.32 Å². The first-order chi connectivity index (χ1) is 8.54. The molecule has 3 nitrogen and oxygen atoms in total. The van der Waals surface area contributed by atoms with Crippen LogP contribution in [-0.4, -0.2) is 34.0 Å². The molecule has 0 amide bonds. The first-order valence-electron chi connectivity index (χ1n) is 6.11. The van der Waals surface area contributed by atoms with Crippen molar-refractivity contribution in [2.75, 3.05) is 25.6 Å². The van der Waals surface area contributed by atoms with Crippen molar-refractivity contribution in [3.63, 3.8) is 0 Å². The van der Waals surface area contributed by atoms with Crippen molar-refractivity contribution in [3.05, 3.63) is 23.8 Å². The Bertz CT molecular complexity index is 520. The molecule has 1 aromatic carbocycles. The summed E-state index contributed by atoms with van der Waals surface area (Å²) in [5, 5.41) is 3.34. The van der Waals surface area contributed by atoms with Gasteiger partial charge in [0.05, 0.1) is 4.90 Å². The summed E-state index contributed by atoms with van der Waals surface area (Å²) in [6, 6.07) is 5.66. The Kier molecular flexibility index (Phi) is 4.35. The fraction of sp³-hybridized carbons (Fsp3) is 0.538. The van der Waals surface area contributed by atoms with Crippen LogP contribution in [0.1, 0.15) is 24.3 Å². The molecule has 18 heavy (non-hydrogen) atoms. The molecule has 0 bridgehead atoms. The number of hydrogen-bond acceptors (Lipinski definition) is 4. The van der Waals surface area contributed by atoms with Crippen LogP contribution in [-0.2, 0) is 9.84 Å². The SMILES string of the molecule is CSc1c(C2CCNCC2)cccc1S(C)(=O)=O. The summed E-state index contributed by atoms with van der Waals surface area (Å²) in [4.78, 5) is 1.41. The summed E-state index contributed by atoms with van der Waals surface area (Å²) in [6.07, 6.45) is 5.41. The Morgan fingerprint density at radius 2 is 1.94 bits per heavy atom. The van der Waals surface area contributed by atoms with Crippen LogP contribution in [0.5, 0.6) is 0 Å². The highest BCUT2D eigenvalue weighted by Gasteiger charge is 2.22. The van der Waals surface area contributed by atoms with E-state index in [2.05, 4.69) is 11.4 Å². The standard InChI is InChI=1S/C13H19NO2S2/c1-17-13-11(10-6-8-14-9-7-10)4-3-5-12(13)18(2,15)16/h3-5,10,14H,6-9H2,1-2H3. The Labute approximate surface area is 113 Å². The van der Waals surface area contributed by atoms with E-state index < -0.39 is 9.84 Å². The molecule has 1 fully saturated rings.